The molecule has 3 N–H and O–H groups in total. The molecule has 0 radical (unpaired) electrons. The molecule has 17 heavy (non-hydrogen) atoms. The number of nitrogen functional groups attached to an aromatic ring is 1. The van der Waals surface area contributed by atoms with Crippen LogP contribution in [0.3, 0.4) is 0 Å². The van der Waals surface area contributed by atoms with E-state index in [4.69, 9.17) is 10.8 Å². The number of carboxylic acid groups (broad SMARTS) is 1. The van der Waals surface area contributed by atoms with Gasteiger partial charge in [-0.1, -0.05) is 0 Å². The van der Waals surface area contributed by atoms with Gasteiger partial charge in [0.05, 0.1) is 11.3 Å². The Bertz CT molecular complexity index is 557. The van der Waals surface area contributed by atoms with Crippen molar-refractivity contribution in [2.45, 2.75) is 25.3 Å². The number of nitrogens with zero attached hydrogens (tertiary/aromatic N) is 2. The first-order valence-electron chi connectivity index (χ1n) is 5.67. The molecule has 2 aliphatic heterocycles. The molecule has 3 aliphatic rings. The Balaban J connectivity index is 2.24. The van der Waals surface area contributed by atoms with Gasteiger partial charge in [0, 0.05) is 24.0 Å². The number of carbonyl (C=O) groups is 1. The van der Waals surface area contributed by atoms with Crippen molar-refractivity contribution in [3.8, 4) is 11.4 Å². The van der Waals surface area contributed by atoms with Crippen LogP contribution in [0.4, 0.5) is 5.69 Å². The molecule has 0 amide bonds. The van der Waals surface area contributed by atoms with Crippen molar-refractivity contribution in [2.75, 3.05) is 5.73 Å². The first kappa shape index (κ1) is 10.1. The summed E-state index contributed by atoms with van der Waals surface area (Å²) in [5, 5.41) is 9.15. The van der Waals surface area contributed by atoms with Gasteiger partial charge in [-0.25, -0.2) is 9.78 Å². The van der Waals surface area contributed by atoms with Crippen molar-refractivity contribution in [2.24, 2.45) is 0 Å². The number of pyridine rings is 1. The van der Waals surface area contributed by atoms with Crippen LogP contribution >= 0.6 is 0 Å². The Kier molecular flexibility index (Phi) is 2.07. The Labute approximate surface area is 98.2 Å². The number of hydrogen-bond donors (Lipinski definition) is 2. The zero-order valence-electron chi connectivity index (χ0n) is 9.26. The smallest absolute Gasteiger partial charge is 0.339 e. The molecule has 5 nitrogen and oxygen atoms in total. The molecule has 0 unspecified atom stereocenters. The predicted octanol–water partition coefficient (Wildman–Crippen LogP) is 1.99. The third-order valence-corrected chi connectivity index (χ3v) is 3.47. The van der Waals surface area contributed by atoms with Crippen LogP contribution in [0.5, 0.6) is 0 Å². The van der Waals surface area contributed by atoms with E-state index in [2.05, 4.69) is 4.98 Å². The van der Waals surface area contributed by atoms with E-state index < -0.39 is 5.97 Å². The maximum absolute atomic E-state index is 11.2. The minimum atomic E-state index is -0.987. The second-order valence-corrected chi connectivity index (χ2v) is 4.44. The van der Waals surface area contributed by atoms with E-state index in [0.29, 0.717) is 11.7 Å². The SMILES string of the molecule is Nc1c(C(=O)O)cn(C2CCC2)c2nccc1-2. The molecule has 0 saturated heterocycles. The number of aromatic nitrogens is 2. The fourth-order valence-corrected chi connectivity index (χ4v) is 2.27. The molecular weight excluding hydrogens is 218 g/mol. The van der Waals surface area contributed by atoms with Gasteiger partial charge >= 0.3 is 5.97 Å². The van der Waals surface area contributed by atoms with E-state index in [0.717, 1.165) is 24.2 Å². The van der Waals surface area contributed by atoms with E-state index >= 15 is 0 Å². The van der Waals surface area contributed by atoms with Crippen LogP contribution in [-0.2, 0) is 0 Å². The summed E-state index contributed by atoms with van der Waals surface area (Å²) in [5.41, 5.74) is 7.06. The number of carboxylic acids is 1. The molecule has 0 bridgehead atoms. The standard InChI is InChI=1S/C12H13N3O2/c13-10-8-4-5-14-11(8)15(7-2-1-3-7)6-9(10)12(16)17/h4-7H,1-3,13H2,(H,16,17). The molecule has 0 aromatic heterocycles. The first-order chi connectivity index (χ1) is 8.18. The van der Waals surface area contributed by atoms with Crippen LogP contribution in [0.15, 0.2) is 18.5 Å². The average Bonchev–Trinajstić information content (AvgIpc) is 2.67. The molecule has 3 rings (SSSR count). The van der Waals surface area contributed by atoms with Crippen molar-refractivity contribution in [3.63, 3.8) is 0 Å². The molecular formula is C12H13N3O2. The normalized spacial score (nSPS) is 16.0. The van der Waals surface area contributed by atoms with Crippen molar-refractivity contribution in [3.05, 3.63) is 24.0 Å². The molecule has 1 aliphatic carbocycles. The summed E-state index contributed by atoms with van der Waals surface area (Å²) in [7, 11) is 0. The molecule has 0 spiro atoms. The van der Waals surface area contributed by atoms with E-state index in [1.807, 2.05) is 4.57 Å². The second-order valence-electron chi connectivity index (χ2n) is 4.44. The monoisotopic (exact) mass is 231 g/mol. The van der Waals surface area contributed by atoms with Gasteiger partial charge in [-0.3, -0.25) is 0 Å². The summed E-state index contributed by atoms with van der Waals surface area (Å²) < 4.78 is 1.96. The lowest BCUT2D eigenvalue weighted by molar-refractivity contribution is 0.0696. The van der Waals surface area contributed by atoms with Crippen LogP contribution < -0.4 is 5.73 Å². The van der Waals surface area contributed by atoms with Crippen molar-refractivity contribution >= 4 is 11.7 Å². The molecule has 0 atom stereocenters. The summed E-state index contributed by atoms with van der Waals surface area (Å²) in [6, 6.07) is 2.14. The van der Waals surface area contributed by atoms with Gasteiger partial charge in [0.2, 0.25) is 0 Å². The zero-order chi connectivity index (χ0) is 12.0. The average molecular weight is 231 g/mol. The van der Waals surface area contributed by atoms with Gasteiger partial charge in [0.25, 0.3) is 0 Å². The third-order valence-electron chi connectivity index (χ3n) is 3.47. The van der Waals surface area contributed by atoms with Gasteiger partial charge < -0.3 is 15.4 Å². The number of rotatable bonds is 2. The van der Waals surface area contributed by atoms with Gasteiger partial charge in [0.1, 0.15) is 5.82 Å². The second kappa shape index (κ2) is 3.48. The molecule has 5 heteroatoms. The fraction of sp³-hybridized carbons (Fsp3) is 0.333. The Hall–Kier alpha value is -2.04. The largest absolute Gasteiger partial charge is 0.478 e. The highest BCUT2D eigenvalue weighted by atomic mass is 16.4. The first-order valence-corrected chi connectivity index (χ1v) is 5.67. The van der Waals surface area contributed by atoms with Crippen LogP contribution in [0, 0.1) is 0 Å². The van der Waals surface area contributed by atoms with Crippen LogP contribution in [0.1, 0.15) is 35.7 Å². The summed E-state index contributed by atoms with van der Waals surface area (Å²) in [5.74, 6) is -0.198. The highest BCUT2D eigenvalue weighted by Gasteiger charge is 2.26. The van der Waals surface area contributed by atoms with Gasteiger partial charge in [-0.15, -0.1) is 0 Å². The van der Waals surface area contributed by atoms with Crippen molar-refractivity contribution < 1.29 is 9.90 Å². The Morgan fingerprint density at radius 3 is 2.88 bits per heavy atom. The fourth-order valence-electron chi connectivity index (χ4n) is 2.27. The summed E-state index contributed by atoms with van der Waals surface area (Å²) in [6.07, 6.45) is 6.64. The highest BCUT2D eigenvalue weighted by molar-refractivity contribution is 5.97. The van der Waals surface area contributed by atoms with E-state index in [1.54, 1.807) is 18.5 Å². The quantitative estimate of drug-likeness (QED) is 0.828. The van der Waals surface area contributed by atoms with E-state index in [1.165, 1.54) is 6.42 Å². The minimum absolute atomic E-state index is 0.164. The van der Waals surface area contributed by atoms with Crippen molar-refractivity contribution in [1.29, 1.82) is 0 Å². The number of nitrogens with two attached hydrogens (primary N) is 1. The number of aromatic carboxylic acids is 1. The molecule has 88 valence electrons. The molecule has 1 fully saturated rings. The van der Waals surface area contributed by atoms with Crippen LogP contribution in [-0.4, -0.2) is 20.6 Å². The molecule has 0 aromatic rings. The molecule has 1 saturated carbocycles. The molecule has 2 heterocycles. The van der Waals surface area contributed by atoms with Crippen molar-refractivity contribution in [1.82, 2.24) is 9.55 Å². The predicted molar refractivity (Wildman–Crippen MR) is 63.1 cm³/mol. The number of fused-ring (bicyclic) bond motifs is 1. The lowest BCUT2D eigenvalue weighted by Crippen LogP contribution is -2.21. The van der Waals surface area contributed by atoms with E-state index in [-0.39, 0.29) is 5.56 Å². The Morgan fingerprint density at radius 2 is 2.29 bits per heavy atom. The summed E-state index contributed by atoms with van der Waals surface area (Å²) in [6.45, 7) is 0. The lowest BCUT2D eigenvalue weighted by atomic mass is 9.92. The molecule has 0 aromatic carbocycles. The summed E-state index contributed by atoms with van der Waals surface area (Å²) >= 11 is 0. The minimum Gasteiger partial charge on any atom is -0.478 e. The zero-order valence-corrected chi connectivity index (χ0v) is 9.26. The number of hydrogen-bond acceptors (Lipinski definition) is 3. The topological polar surface area (TPSA) is 81.1 Å². The lowest BCUT2D eigenvalue weighted by Gasteiger charge is -2.30. The third kappa shape index (κ3) is 1.39. The van der Waals surface area contributed by atoms with Crippen LogP contribution in [0.2, 0.25) is 0 Å². The maximum Gasteiger partial charge on any atom is 0.339 e. The Morgan fingerprint density at radius 1 is 1.53 bits per heavy atom. The van der Waals surface area contributed by atoms with Gasteiger partial charge in [-0.2, -0.15) is 0 Å². The summed E-state index contributed by atoms with van der Waals surface area (Å²) in [4.78, 5) is 15.4. The van der Waals surface area contributed by atoms with Crippen LogP contribution in [0.25, 0.3) is 11.4 Å². The van der Waals surface area contributed by atoms with Gasteiger partial charge in [-0.05, 0) is 25.3 Å². The maximum atomic E-state index is 11.2. The van der Waals surface area contributed by atoms with Gasteiger partial charge in [0.15, 0.2) is 0 Å². The number of anilines is 1. The van der Waals surface area contributed by atoms with E-state index in [9.17, 15) is 4.79 Å². The highest BCUT2D eigenvalue weighted by Crippen LogP contribution is 2.38.